The Morgan fingerprint density at radius 2 is 2.21 bits per heavy atom. The van der Waals surface area contributed by atoms with Crippen molar-refractivity contribution in [1.29, 1.82) is 0 Å². The van der Waals surface area contributed by atoms with Crippen LogP contribution >= 0.6 is 23.1 Å². The van der Waals surface area contributed by atoms with Gasteiger partial charge in [-0.15, -0.1) is 0 Å². The highest BCUT2D eigenvalue weighted by Crippen LogP contribution is 2.28. The fourth-order valence-electron chi connectivity index (χ4n) is 1.09. The summed E-state index contributed by atoms with van der Waals surface area (Å²) in [6.07, 6.45) is 1.29. The molecule has 0 saturated heterocycles. The van der Waals surface area contributed by atoms with Crippen molar-refractivity contribution in [2.75, 3.05) is 0 Å². The lowest BCUT2D eigenvalue weighted by molar-refractivity contribution is 0.588. The van der Waals surface area contributed by atoms with Crippen LogP contribution in [-0.2, 0) is 0 Å². The van der Waals surface area contributed by atoms with Gasteiger partial charge in [0.1, 0.15) is 0 Å². The van der Waals surface area contributed by atoms with Crippen LogP contribution in [0.3, 0.4) is 0 Å². The second-order valence-corrected chi connectivity index (χ2v) is 4.07. The largest absolute Gasteiger partial charge is 0.226 e. The second kappa shape index (κ2) is 3.63. The highest BCUT2D eigenvalue weighted by Gasteiger charge is 2.09. The SMILES string of the molecule is Cc1cc(-c2cc(Cl)cnc2F)sn1. The first-order chi connectivity index (χ1) is 6.66. The summed E-state index contributed by atoms with van der Waals surface area (Å²) in [5, 5.41) is 0.424. The number of aryl methyl sites for hydroxylation is 1. The molecule has 0 aromatic carbocycles. The Morgan fingerprint density at radius 3 is 2.86 bits per heavy atom. The van der Waals surface area contributed by atoms with Crippen molar-refractivity contribution in [3.63, 3.8) is 0 Å². The first-order valence-electron chi connectivity index (χ1n) is 3.91. The third-order valence-corrected chi connectivity index (χ3v) is 2.82. The van der Waals surface area contributed by atoms with Gasteiger partial charge in [0, 0.05) is 11.8 Å². The summed E-state index contributed by atoms with van der Waals surface area (Å²) in [5.74, 6) is -0.516. The first-order valence-corrected chi connectivity index (χ1v) is 5.06. The molecule has 2 nitrogen and oxygen atoms in total. The minimum absolute atomic E-state index is 0.406. The Balaban J connectivity index is 2.55. The van der Waals surface area contributed by atoms with E-state index in [4.69, 9.17) is 11.6 Å². The molecule has 0 bridgehead atoms. The minimum atomic E-state index is -0.516. The normalized spacial score (nSPS) is 10.5. The van der Waals surface area contributed by atoms with Crippen LogP contribution in [-0.4, -0.2) is 9.36 Å². The lowest BCUT2D eigenvalue weighted by atomic mass is 10.2. The highest BCUT2D eigenvalue weighted by molar-refractivity contribution is 7.09. The molecule has 0 atom stereocenters. The van der Waals surface area contributed by atoms with E-state index in [0.717, 1.165) is 10.6 Å². The molecular formula is C9H6ClFN2S. The molecule has 0 aliphatic carbocycles. The van der Waals surface area contributed by atoms with Crippen molar-refractivity contribution in [1.82, 2.24) is 9.36 Å². The number of hydrogen-bond acceptors (Lipinski definition) is 3. The van der Waals surface area contributed by atoms with Gasteiger partial charge in [0.15, 0.2) is 0 Å². The van der Waals surface area contributed by atoms with Crippen LogP contribution in [0.4, 0.5) is 4.39 Å². The quantitative estimate of drug-likeness (QED) is 0.700. The minimum Gasteiger partial charge on any atom is -0.226 e. The van der Waals surface area contributed by atoms with E-state index in [1.165, 1.54) is 17.7 Å². The van der Waals surface area contributed by atoms with Crippen LogP contribution in [0, 0.1) is 12.9 Å². The summed E-state index contributed by atoms with van der Waals surface area (Å²) in [7, 11) is 0. The number of rotatable bonds is 1. The molecule has 2 rings (SSSR count). The summed E-state index contributed by atoms with van der Waals surface area (Å²) in [6.45, 7) is 1.86. The monoisotopic (exact) mass is 228 g/mol. The predicted molar refractivity (Wildman–Crippen MR) is 55.1 cm³/mol. The molecule has 0 N–H and O–H groups in total. The standard InChI is InChI=1S/C9H6ClFN2S/c1-5-2-8(14-13-5)7-3-6(10)4-12-9(7)11/h2-4H,1H3. The molecule has 14 heavy (non-hydrogen) atoms. The number of aromatic nitrogens is 2. The number of hydrogen-bond donors (Lipinski definition) is 0. The third kappa shape index (κ3) is 1.76. The van der Waals surface area contributed by atoms with Gasteiger partial charge in [0.2, 0.25) is 5.95 Å². The summed E-state index contributed by atoms with van der Waals surface area (Å²) in [4.78, 5) is 4.29. The lowest BCUT2D eigenvalue weighted by Gasteiger charge is -1.98. The van der Waals surface area contributed by atoms with E-state index in [1.807, 2.05) is 6.92 Å². The van der Waals surface area contributed by atoms with Gasteiger partial charge in [-0.05, 0) is 30.6 Å². The van der Waals surface area contributed by atoms with E-state index in [2.05, 4.69) is 9.36 Å². The van der Waals surface area contributed by atoms with Gasteiger partial charge in [-0.25, -0.2) is 4.98 Å². The fraction of sp³-hybridized carbons (Fsp3) is 0.111. The van der Waals surface area contributed by atoms with Gasteiger partial charge in [-0.2, -0.15) is 8.76 Å². The molecule has 2 aromatic heterocycles. The zero-order valence-corrected chi connectivity index (χ0v) is 8.86. The van der Waals surface area contributed by atoms with Crippen LogP contribution in [0.15, 0.2) is 18.3 Å². The van der Waals surface area contributed by atoms with Crippen LogP contribution in [0.5, 0.6) is 0 Å². The topological polar surface area (TPSA) is 25.8 Å². The molecule has 0 aliphatic heterocycles. The maximum atomic E-state index is 13.3. The summed E-state index contributed by atoms with van der Waals surface area (Å²) >= 11 is 6.97. The Hall–Kier alpha value is -1.00. The average molecular weight is 229 g/mol. The van der Waals surface area contributed by atoms with Crippen LogP contribution in [0.2, 0.25) is 5.02 Å². The van der Waals surface area contributed by atoms with Crippen LogP contribution in [0.1, 0.15) is 5.69 Å². The average Bonchev–Trinajstić information content (AvgIpc) is 2.56. The molecule has 0 amide bonds. The number of nitrogens with zero attached hydrogens (tertiary/aromatic N) is 2. The Morgan fingerprint density at radius 1 is 1.43 bits per heavy atom. The van der Waals surface area contributed by atoms with Gasteiger partial charge in [0.25, 0.3) is 0 Å². The predicted octanol–water partition coefficient (Wildman–Crippen LogP) is 3.31. The summed E-state index contributed by atoms with van der Waals surface area (Å²) in [5.41, 5.74) is 1.27. The van der Waals surface area contributed by atoms with Gasteiger partial charge in [-0.3, -0.25) is 0 Å². The number of halogens is 2. The molecule has 0 fully saturated rings. The van der Waals surface area contributed by atoms with Crippen molar-refractivity contribution >= 4 is 23.1 Å². The summed E-state index contributed by atoms with van der Waals surface area (Å²) < 4.78 is 17.3. The summed E-state index contributed by atoms with van der Waals surface area (Å²) in [6, 6.07) is 3.36. The smallest absolute Gasteiger partial charge is 0.221 e. The molecule has 0 radical (unpaired) electrons. The van der Waals surface area contributed by atoms with E-state index in [9.17, 15) is 4.39 Å². The Labute approximate surface area is 89.5 Å². The Bertz CT molecular complexity index is 470. The van der Waals surface area contributed by atoms with Crippen molar-refractivity contribution < 1.29 is 4.39 Å². The second-order valence-electron chi connectivity index (χ2n) is 2.82. The molecule has 72 valence electrons. The highest BCUT2D eigenvalue weighted by atomic mass is 35.5. The maximum absolute atomic E-state index is 13.3. The van der Waals surface area contributed by atoms with Gasteiger partial charge in [-0.1, -0.05) is 11.6 Å². The van der Waals surface area contributed by atoms with Gasteiger partial charge in [0.05, 0.1) is 15.6 Å². The molecule has 0 aliphatic rings. The molecule has 2 aromatic rings. The number of pyridine rings is 1. The van der Waals surface area contributed by atoms with Gasteiger partial charge < -0.3 is 0 Å². The zero-order chi connectivity index (χ0) is 10.1. The fourth-order valence-corrected chi connectivity index (χ4v) is 2.00. The van der Waals surface area contributed by atoms with Crippen molar-refractivity contribution in [3.8, 4) is 10.4 Å². The van der Waals surface area contributed by atoms with Crippen LogP contribution < -0.4 is 0 Å². The lowest BCUT2D eigenvalue weighted by Crippen LogP contribution is -1.86. The molecule has 2 heterocycles. The molecule has 5 heteroatoms. The molecule has 0 saturated carbocycles. The van der Waals surface area contributed by atoms with Crippen molar-refractivity contribution in [3.05, 3.63) is 35.0 Å². The maximum Gasteiger partial charge on any atom is 0.221 e. The molecule has 0 unspecified atom stereocenters. The van der Waals surface area contributed by atoms with Crippen molar-refractivity contribution in [2.24, 2.45) is 0 Å². The van der Waals surface area contributed by atoms with Gasteiger partial charge >= 0.3 is 0 Å². The van der Waals surface area contributed by atoms with Crippen LogP contribution in [0.25, 0.3) is 10.4 Å². The first kappa shape index (κ1) is 9.55. The Kier molecular flexibility index (Phi) is 2.48. The van der Waals surface area contributed by atoms with Crippen molar-refractivity contribution in [2.45, 2.75) is 6.92 Å². The van der Waals surface area contributed by atoms with E-state index >= 15 is 0 Å². The van der Waals surface area contributed by atoms with E-state index < -0.39 is 5.95 Å². The van der Waals surface area contributed by atoms with E-state index in [0.29, 0.717) is 10.6 Å². The van der Waals surface area contributed by atoms with E-state index in [1.54, 1.807) is 12.1 Å². The van der Waals surface area contributed by atoms with E-state index in [-0.39, 0.29) is 0 Å². The third-order valence-electron chi connectivity index (χ3n) is 1.70. The zero-order valence-electron chi connectivity index (χ0n) is 7.29. The molecule has 0 spiro atoms. The molecular weight excluding hydrogens is 223 g/mol.